The van der Waals surface area contributed by atoms with Crippen LogP contribution in [0.15, 0.2) is 24.3 Å². The standard InChI is InChI=1S/C18H29N3O2/c1-18(2,3)17(23)19-12-11-16(22)21(6)13-14-7-9-15(10-8-14)20(4)5/h7-10H,11-13H2,1-6H3,(H,19,23). The second-order valence-electron chi connectivity index (χ2n) is 7.07. The van der Waals surface area contributed by atoms with E-state index in [4.69, 9.17) is 0 Å². The van der Waals surface area contributed by atoms with Crippen molar-refractivity contribution in [2.45, 2.75) is 33.7 Å². The molecule has 0 aliphatic carbocycles. The third-order valence-corrected chi connectivity index (χ3v) is 3.60. The molecule has 0 saturated heterocycles. The first kappa shape index (κ1) is 19.0. The SMILES string of the molecule is CN(Cc1ccc(N(C)C)cc1)C(=O)CCNC(=O)C(C)(C)C. The predicted molar refractivity (Wildman–Crippen MR) is 94.3 cm³/mol. The van der Waals surface area contributed by atoms with Crippen molar-refractivity contribution in [3.8, 4) is 0 Å². The van der Waals surface area contributed by atoms with E-state index in [1.54, 1.807) is 11.9 Å². The number of hydrogen-bond acceptors (Lipinski definition) is 3. The smallest absolute Gasteiger partial charge is 0.225 e. The molecule has 23 heavy (non-hydrogen) atoms. The van der Waals surface area contributed by atoms with Crippen LogP contribution in [0.2, 0.25) is 0 Å². The molecule has 0 aliphatic rings. The minimum atomic E-state index is -0.427. The molecule has 1 rings (SSSR count). The molecule has 1 aromatic rings. The van der Waals surface area contributed by atoms with Crippen molar-refractivity contribution in [1.29, 1.82) is 0 Å². The van der Waals surface area contributed by atoms with Crippen LogP contribution in [0.5, 0.6) is 0 Å². The maximum absolute atomic E-state index is 12.1. The largest absolute Gasteiger partial charge is 0.378 e. The molecule has 1 aromatic carbocycles. The van der Waals surface area contributed by atoms with Gasteiger partial charge in [-0.3, -0.25) is 9.59 Å². The Kier molecular flexibility index (Phi) is 6.61. The number of anilines is 1. The molecule has 0 spiro atoms. The van der Waals surface area contributed by atoms with E-state index >= 15 is 0 Å². The van der Waals surface area contributed by atoms with Crippen molar-refractivity contribution in [3.63, 3.8) is 0 Å². The Labute approximate surface area is 139 Å². The summed E-state index contributed by atoms with van der Waals surface area (Å²) in [6, 6.07) is 8.13. The van der Waals surface area contributed by atoms with Gasteiger partial charge >= 0.3 is 0 Å². The average molecular weight is 319 g/mol. The van der Waals surface area contributed by atoms with Crippen LogP contribution in [0.1, 0.15) is 32.8 Å². The molecule has 0 heterocycles. The molecule has 0 radical (unpaired) electrons. The zero-order valence-corrected chi connectivity index (χ0v) is 15.1. The van der Waals surface area contributed by atoms with E-state index in [-0.39, 0.29) is 11.8 Å². The summed E-state index contributed by atoms with van der Waals surface area (Å²) in [7, 11) is 5.78. The molecule has 5 nitrogen and oxygen atoms in total. The Balaban J connectivity index is 2.43. The summed E-state index contributed by atoms with van der Waals surface area (Å²) >= 11 is 0. The van der Waals surface area contributed by atoms with Crippen molar-refractivity contribution in [1.82, 2.24) is 10.2 Å². The van der Waals surface area contributed by atoms with Crippen LogP contribution < -0.4 is 10.2 Å². The molecule has 5 heteroatoms. The average Bonchev–Trinajstić information content (AvgIpc) is 2.46. The molecular weight excluding hydrogens is 290 g/mol. The fraction of sp³-hybridized carbons (Fsp3) is 0.556. The number of nitrogens with zero attached hydrogens (tertiary/aromatic N) is 2. The van der Waals surface area contributed by atoms with Crippen LogP contribution in [0.25, 0.3) is 0 Å². The second-order valence-corrected chi connectivity index (χ2v) is 7.07. The molecule has 2 amide bonds. The Morgan fingerprint density at radius 2 is 1.61 bits per heavy atom. The number of rotatable bonds is 6. The molecule has 0 atom stereocenters. The van der Waals surface area contributed by atoms with E-state index in [2.05, 4.69) is 5.32 Å². The second kappa shape index (κ2) is 7.99. The van der Waals surface area contributed by atoms with Gasteiger partial charge in [0.1, 0.15) is 0 Å². The van der Waals surface area contributed by atoms with Crippen LogP contribution in [-0.4, -0.2) is 44.4 Å². The first-order chi connectivity index (χ1) is 10.6. The highest BCUT2D eigenvalue weighted by atomic mass is 16.2. The maximum atomic E-state index is 12.1. The Bertz CT molecular complexity index is 530. The zero-order valence-electron chi connectivity index (χ0n) is 15.1. The fourth-order valence-corrected chi connectivity index (χ4v) is 2.00. The molecular formula is C18H29N3O2. The first-order valence-corrected chi connectivity index (χ1v) is 7.90. The van der Waals surface area contributed by atoms with Gasteiger partial charge in [0, 0.05) is 51.8 Å². The van der Waals surface area contributed by atoms with E-state index in [0.29, 0.717) is 19.5 Å². The zero-order chi connectivity index (χ0) is 17.6. The number of nitrogens with one attached hydrogen (secondary N) is 1. The van der Waals surface area contributed by atoms with Gasteiger partial charge in [-0.15, -0.1) is 0 Å². The molecule has 1 N–H and O–H groups in total. The quantitative estimate of drug-likeness (QED) is 0.875. The van der Waals surface area contributed by atoms with Gasteiger partial charge in [0.05, 0.1) is 0 Å². The third kappa shape index (κ3) is 6.30. The lowest BCUT2D eigenvalue weighted by Crippen LogP contribution is -2.37. The first-order valence-electron chi connectivity index (χ1n) is 7.90. The van der Waals surface area contributed by atoms with Gasteiger partial charge in [0.15, 0.2) is 0 Å². The molecule has 0 bridgehead atoms. The van der Waals surface area contributed by atoms with Crippen molar-refractivity contribution in [2.75, 3.05) is 32.6 Å². The van der Waals surface area contributed by atoms with Gasteiger partial charge in [-0.1, -0.05) is 32.9 Å². The van der Waals surface area contributed by atoms with Gasteiger partial charge < -0.3 is 15.1 Å². The number of carbonyl (C=O) groups is 2. The molecule has 0 aromatic heterocycles. The van der Waals surface area contributed by atoms with Crippen molar-refractivity contribution < 1.29 is 9.59 Å². The Hall–Kier alpha value is -2.04. The molecule has 0 aliphatic heterocycles. The fourth-order valence-electron chi connectivity index (χ4n) is 2.00. The summed E-state index contributed by atoms with van der Waals surface area (Å²) in [5.41, 5.74) is 1.79. The van der Waals surface area contributed by atoms with Gasteiger partial charge in [0.2, 0.25) is 11.8 Å². The normalized spacial score (nSPS) is 11.0. The number of hydrogen-bond donors (Lipinski definition) is 1. The lowest BCUT2D eigenvalue weighted by Gasteiger charge is -2.20. The van der Waals surface area contributed by atoms with E-state index in [1.165, 1.54) is 0 Å². The predicted octanol–water partition coefficient (Wildman–Crippen LogP) is 2.26. The lowest BCUT2D eigenvalue weighted by atomic mass is 9.96. The highest BCUT2D eigenvalue weighted by molar-refractivity contribution is 5.82. The summed E-state index contributed by atoms with van der Waals surface area (Å²) in [5, 5.41) is 2.80. The van der Waals surface area contributed by atoms with E-state index < -0.39 is 5.41 Å². The van der Waals surface area contributed by atoms with Gasteiger partial charge in [-0.25, -0.2) is 0 Å². The highest BCUT2D eigenvalue weighted by Crippen LogP contribution is 2.14. The molecule has 0 saturated carbocycles. The van der Waals surface area contributed by atoms with Crippen LogP contribution in [0.4, 0.5) is 5.69 Å². The van der Waals surface area contributed by atoms with Gasteiger partial charge in [-0.2, -0.15) is 0 Å². The topological polar surface area (TPSA) is 52.6 Å². The molecule has 0 unspecified atom stereocenters. The third-order valence-electron chi connectivity index (χ3n) is 3.60. The van der Waals surface area contributed by atoms with Crippen molar-refractivity contribution >= 4 is 17.5 Å². The Morgan fingerprint density at radius 3 is 2.09 bits per heavy atom. The van der Waals surface area contributed by atoms with Gasteiger partial charge in [0.25, 0.3) is 0 Å². The van der Waals surface area contributed by atoms with Crippen LogP contribution in [-0.2, 0) is 16.1 Å². The van der Waals surface area contributed by atoms with Crippen LogP contribution in [0, 0.1) is 5.41 Å². The van der Waals surface area contributed by atoms with E-state index in [0.717, 1.165) is 11.3 Å². The van der Waals surface area contributed by atoms with Crippen LogP contribution in [0.3, 0.4) is 0 Å². The highest BCUT2D eigenvalue weighted by Gasteiger charge is 2.20. The molecule has 0 fully saturated rings. The maximum Gasteiger partial charge on any atom is 0.225 e. The summed E-state index contributed by atoms with van der Waals surface area (Å²) in [6.07, 6.45) is 0.314. The minimum absolute atomic E-state index is 0.0240. The summed E-state index contributed by atoms with van der Waals surface area (Å²) in [4.78, 5) is 27.6. The van der Waals surface area contributed by atoms with Crippen LogP contribution >= 0.6 is 0 Å². The lowest BCUT2D eigenvalue weighted by molar-refractivity contribution is -0.131. The summed E-state index contributed by atoms with van der Waals surface area (Å²) in [6.45, 7) is 6.51. The monoisotopic (exact) mass is 319 g/mol. The van der Waals surface area contributed by atoms with Crippen molar-refractivity contribution in [2.24, 2.45) is 5.41 Å². The van der Waals surface area contributed by atoms with Crippen molar-refractivity contribution in [3.05, 3.63) is 29.8 Å². The molecule has 128 valence electrons. The van der Waals surface area contributed by atoms with E-state index in [1.807, 2.05) is 64.0 Å². The number of benzene rings is 1. The van der Waals surface area contributed by atoms with E-state index in [9.17, 15) is 9.59 Å². The summed E-state index contributed by atoms with van der Waals surface area (Å²) < 4.78 is 0. The van der Waals surface area contributed by atoms with Gasteiger partial charge in [-0.05, 0) is 17.7 Å². The summed E-state index contributed by atoms with van der Waals surface area (Å²) in [5.74, 6) is -0.0110. The minimum Gasteiger partial charge on any atom is -0.378 e. The Morgan fingerprint density at radius 1 is 1.04 bits per heavy atom. The number of amides is 2. The number of carbonyl (C=O) groups excluding carboxylic acids is 2.